The molecule has 15 heavy (non-hydrogen) atoms. The average molecular weight is 201 g/mol. The summed E-state index contributed by atoms with van der Waals surface area (Å²) in [5.41, 5.74) is 8.27. The molecule has 3 heteroatoms. The number of nitrogens with one attached hydrogen (secondary N) is 2. The Kier molecular flexibility index (Phi) is 2.72. The van der Waals surface area contributed by atoms with Crippen LogP contribution < -0.4 is 11.1 Å². The van der Waals surface area contributed by atoms with Crippen LogP contribution in [-0.2, 0) is 0 Å². The molecule has 1 saturated carbocycles. The second-order valence-electron chi connectivity index (χ2n) is 3.81. The van der Waals surface area contributed by atoms with Gasteiger partial charge in [0.25, 0.3) is 0 Å². The van der Waals surface area contributed by atoms with Gasteiger partial charge in [0.1, 0.15) is 0 Å². The van der Waals surface area contributed by atoms with Crippen molar-refractivity contribution in [3.05, 3.63) is 36.0 Å². The Morgan fingerprint density at radius 2 is 2.00 bits per heavy atom. The molecule has 0 atom stereocenters. The maximum atomic E-state index is 7.35. The lowest BCUT2D eigenvalue weighted by atomic mass is 10.1. The molecule has 1 aromatic carbocycles. The van der Waals surface area contributed by atoms with E-state index >= 15 is 0 Å². The molecule has 0 heterocycles. The smallest absolute Gasteiger partial charge is 0.0314 e. The molecule has 0 bridgehead atoms. The number of rotatable bonds is 4. The van der Waals surface area contributed by atoms with Crippen LogP contribution in [0.1, 0.15) is 18.4 Å². The van der Waals surface area contributed by atoms with Crippen LogP contribution in [0.5, 0.6) is 0 Å². The van der Waals surface area contributed by atoms with Crippen LogP contribution in [0.2, 0.25) is 0 Å². The van der Waals surface area contributed by atoms with Crippen LogP contribution in [0.4, 0.5) is 5.69 Å². The molecule has 0 aliphatic heterocycles. The predicted octanol–water partition coefficient (Wildman–Crippen LogP) is 2.01. The van der Waals surface area contributed by atoms with Crippen molar-refractivity contribution in [2.24, 2.45) is 0 Å². The number of allylic oxidation sites excluding steroid dienone is 1. The molecule has 0 amide bonds. The summed E-state index contributed by atoms with van der Waals surface area (Å²) in [6.45, 7) is 0. The first-order chi connectivity index (χ1) is 7.29. The van der Waals surface area contributed by atoms with Gasteiger partial charge in [-0.2, -0.15) is 0 Å². The van der Waals surface area contributed by atoms with Gasteiger partial charge in [0.2, 0.25) is 0 Å². The summed E-state index contributed by atoms with van der Waals surface area (Å²) in [6, 6.07) is 8.18. The lowest BCUT2D eigenvalue weighted by Crippen LogP contribution is -2.08. The highest BCUT2D eigenvalue weighted by molar-refractivity contribution is 6.08. The maximum Gasteiger partial charge on any atom is 0.0314 e. The zero-order valence-corrected chi connectivity index (χ0v) is 8.53. The summed E-state index contributed by atoms with van der Waals surface area (Å²) in [5, 5.41) is 10.6. The molecule has 1 aromatic rings. The standard InChI is InChI=1S/C12H15N3/c13-7-10(8-15-12-5-6-12)9-1-3-11(14)4-2-9/h1-4,7-8,12-13,15H,5-6,14H2/b10-8+,13-7?. The number of anilines is 1. The molecule has 3 nitrogen and oxygen atoms in total. The van der Waals surface area contributed by atoms with Crippen molar-refractivity contribution in [1.29, 1.82) is 5.41 Å². The fourth-order valence-corrected chi connectivity index (χ4v) is 1.34. The van der Waals surface area contributed by atoms with Crippen molar-refractivity contribution < 1.29 is 0 Å². The van der Waals surface area contributed by atoms with E-state index in [1.165, 1.54) is 19.1 Å². The van der Waals surface area contributed by atoms with Crippen molar-refractivity contribution in [1.82, 2.24) is 5.32 Å². The van der Waals surface area contributed by atoms with Crippen LogP contribution in [0.3, 0.4) is 0 Å². The average Bonchev–Trinajstić information content (AvgIpc) is 3.05. The Hall–Kier alpha value is -1.77. The summed E-state index contributed by atoms with van der Waals surface area (Å²) < 4.78 is 0. The van der Waals surface area contributed by atoms with E-state index in [0.29, 0.717) is 6.04 Å². The van der Waals surface area contributed by atoms with Gasteiger partial charge < -0.3 is 16.5 Å². The normalized spacial score (nSPS) is 16.1. The third-order valence-electron chi connectivity index (χ3n) is 2.45. The van der Waals surface area contributed by atoms with E-state index < -0.39 is 0 Å². The number of benzene rings is 1. The Morgan fingerprint density at radius 3 is 2.53 bits per heavy atom. The van der Waals surface area contributed by atoms with Crippen molar-refractivity contribution >= 4 is 17.5 Å². The summed E-state index contributed by atoms with van der Waals surface area (Å²) in [6.07, 6.45) is 5.75. The van der Waals surface area contributed by atoms with Crippen molar-refractivity contribution in [2.75, 3.05) is 5.73 Å². The highest BCUT2D eigenvalue weighted by Crippen LogP contribution is 2.20. The number of nitrogens with two attached hydrogens (primary N) is 1. The SMILES string of the molecule is N=C/C(=C\NC1CC1)c1ccc(N)cc1. The topological polar surface area (TPSA) is 61.9 Å². The highest BCUT2D eigenvalue weighted by atomic mass is 14.9. The number of hydrogen-bond donors (Lipinski definition) is 3. The van der Waals surface area contributed by atoms with Gasteiger partial charge in [-0.15, -0.1) is 0 Å². The van der Waals surface area contributed by atoms with Crippen LogP contribution >= 0.6 is 0 Å². The van der Waals surface area contributed by atoms with Crippen LogP contribution in [0.25, 0.3) is 5.57 Å². The molecule has 1 aliphatic carbocycles. The zero-order chi connectivity index (χ0) is 10.7. The Bertz CT molecular complexity index is 374. The van der Waals surface area contributed by atoms with E-state index in [1.54, 1.807) is 0 Å². The monoisotopic (exact) mass is 201 g/mol. The molecule has 0 unspecified atom stereocenters. The quantitative estimate of drug-likeness (QED) is 0.515. The third-order valence-corrected chi connectivity index (χ3v) is 2.45. The molecule has 1 aliphatic rings. The minimum atomic E-state index is 0.619. The molecule has 4 N–H and O–H groups in total. The minimum Gasteiger partial charge on any atom is -0.399 e. The fourth-order valence-electron chi connectivity index (χ4n) is 1.34. The van der Waals surface area contributed by atoms with Gasteiger partial charge in [-0.25, -0.2) is 0 Å². The van der Waals surface area contributed by atoms with Gasteiger partial charge in [-0.1, -0.05) is 12.1 Å². The summed E-state index contributed by atoms with van der Waals surface area (Å²) in [7, 11) is 0. The van der Waals surface area contributed by atoms with Crippen molar-refractivity contribution in [3.63, 3.8) is 0 Å². The molecule has 1 fully saturated rings. The van der Waals surface area contributed by atoms with Crippen LogP contribution in [0, 0.1) is 5.41 Å². The van der Waals surface area contributed by atoms with Gasteiger partial charge in [0.05, 0.1) is 0 Å². The number of nitrogen functional groups attached to an aromatic ring is 1. The minimum absolute atomic E-state index is 0.619. The second-order valence-corrected chi connectivity index (χ2v) is 3.81. The molecule has 0 radical (unpaired) electrons. The molecule has 78 valence electrons. The zero-order valence-electron chi connectivity index (χ0n) is 8.53. The Labute approximate surface area is 89.5 Å². The predicted molar refractivity (Wildman–Crippen MR) is 63.8 cm³/mol. The van der Waals surface area contributed by atoms with E-state index in [4.69, 9.17) is 11.1 Å². The Balaban J connectivity index is 2.13. The molecule has 0 aromatic heterocycles. The van der Waals surface area contributed by atoms with Gasteiger partial charge in [-0.05, 0) is 30.5 Å². The second kappa shape index (κ2) is 4.17. The highest BCUT2D eigenvalue weighted by Gasteiger charge is 2.19. The van der Waals surface area contributed by atoms with E-state index in [0.717, 1.165) is 16.8 Å². The van der Waals surface area contributed by atoms with Gasteiger partial charge >= 0.3 is 0 Å². The Morgan fingerprint density at radius 1 is 1.33 bits per heavy atom. The van der Waals surface area contributed by atoms with Gasteiger partial charge in [-0.3, -0.25) is 0 Å². The fraction of sp³-hybridized carbons (Fsp3) is 0.250. The molecular weight excluding hydrogens is 186 g/mol. The molecule has 0 spiro atoms. The maximum absolute atomic E-state index is 7.35. The van der Waals surface area contributed by atoms with E-state index in [-0.39, 0.29) is 0 Å². The van der Waals surface area contributed by atoms with Gasteiger partial charge in [0, 0.05) is 29.7 Å². The van der Waals surface area contributed by atoms with Crippen LogP contribution in [0.15, 0.2) is 30.5 Å². The van der Waals surface area contributed by atoms with Crippen LogP contribution in [-0.4, -0.2) is 12.3 Å². The third kappa shape index (κ3) is 2.59. The van der Waals surface area contributed by atoms with E-state index in [9.17, 15) is 0 Å². The molecular formula is C12H15N3. The van der Waals surface area contributed by atoms with Crippen molar-refractivity contribution in [2.45, 2.75) is 18.9 Å². The summed E-state index contributed by atoms with van der Waals surface area (Å²) in [5.74, 6) is 0. The summed E-state index contributed by atoms with van der Waals surface area (Å²) >= 11 is 0. The molecule has 0 saturated heterocycles. The summed E-state index contributed by atoms with van der Waals surface area (Å²) in [4.78, 5) is 0. The van der Waals surface area contributed by atoms with E-state index in [2.05, 4.69) is 5.32 Å². The first-order valence-corrected chi connectivity index (χ1v) is 5.12. The first kappa shape index (κ1) is 9.77. The lowest BCUT2D eigenvalue weighted by molar-refractivity contribution is 0.865. The van der Waals surface area contributed by atoms with Crippen molar-refractivity contribution in [3.8, 4) is 0 Å². The lowest BCUT2D eigenvalue weighted by Gasteiger charge is -2.03. The first-order valence-electron chi connectivity index (χ1n) is 5.12. The largest absolute Gasteiger partial charge is 0.399 e. The van der Waals surface area contributed by atoms with Gasteiger partial charge in [0.15, 0.2) is 0 Å². The molecule has 2 rings (SSSR count). The number of hydrogen-bond acceptors (Lipinski definition) is 3. The van der Waals surface area contributed by atoms with E-state index in [1.807, 2.05) is 30.5 Å².